The van der Waals surface area contributed by atoms with Gasteiger partial charge in [0.05, 0.1) is 10.6 Å². The average Bonchev–Trinajstić information content (AvgIpc) is 2.38. The summed E-state index contributed by atoms with van der Waals surface area (Å²) in [4.78, 5) is 14.5. The van der Waals surface area contributed by atoms with Crippen molar-refractivity contribution in [2.75, 3.05) is 0 Å². The van der Waals surface area contributed by atoms with Crippen molar-refractivity contribution < 1.29 is 4.92 Å². The lowest BCUT2D eigenvalue weighted by Gasteiger charge is -1.95. The van der Waals surface area contributed by atoms with Crippen LogP contribution in [-0.2, 0) is 0 Å². The number of hydrogen-bond acceptors (Lipinski definition) is 3. The first kappa shape index (κ1) is 12.7. The van der Waals surface area contributed by atoms with Gasteiger partial charge in [0.2, 0.25) is 0 Å². The molecule has 0 N–H and O–H groups in total. The van der Waals surface area contributed by atoms with E-state index >= 15 is 0 Å². The van der Waals surface area contributed by atoms with Gasteiger partial charge in [0.1, 0.15) is 0 Å². The molecule has 2 aromatic rings. The highest BCUT2D eigenvalue weighted by Crippen LogP contribution is 2.16. The van der Waals surface area contributed by atoms with Crippen LogP contribution < -0.4 is 0 Å². The summed E-state index contributed by atoms with van der Waals surface area (Å²) >= 11 is 2.22. The summed E-state index contributed by atoms with van der Waals surface area (Å²) in [5.74, 6) is 0. The van der Waals surface area contributed by atoms with E-state index in [4.69, 9.17) is 0 Å². The van der Waals surface area contributed by atoms with Crippen LogP contribution >= 0.6 is 22.6 Å². The molecule has 0 aliphatic heterocycles. The Morgan fingerprint density at radius 2 is 1.89 bits per heavy atom. The molecule has 0 amide bonds. The molecule has 0 aliphatic carbocycles. The SMILES string of the molecule is O=[N+]([O-])c1cccc(C=Nc2ccc(I)cc2)c1. The maximum atomic E-state index is 10.6. The molecule has 90 valence electrons. The third-order valence-corrected chi connectivity index (χ3v) is 2.99. The number of halogens is 1. The fourth-order valence-corrected chi connectivity index (χ4v) is 1.75. The zero-order chi connectivity index (χ0) is 13.0. The maximum absolute atomic E-state index is 10.6. The molecule has 0 bridgehead atoms. The zero-order valence-electron chi connectivity index (χ0n) is 9.29. The molecule has 0 saturated heterocycles. The van der Waals surface area contributed by atoms with Crippen molar-refractivity contribution in [3.8, 4) is 0 Å². The van der Waals surface area contributed by atoms with Gasteiger partial charge >= 0.3 is 0 Å². The smallest absolute Gasteiger partial charge is 0.258 e. The number of nitro benzene ring substituents is 1. The minimum absolute atomic E-state index is 0.0709. The van der Waals surface area contributed by atoms with Crippen molar-refractivity contribution in [3.05, 3.63) is 67.8 Å². The topological polar surface area (TPSA) is 55.5 Å². The summed E-state index contributed by atoms with van der Waals surface area (Å²) < 4.78 is 1.14. The van der Waals surface area contributed by atoms with Crippen LogP contribution in [0.1, 0.15) is 5.56 Å². The van der Waals surface area contributed by atoms with Gasteiger partial charge in [-0.25, -0.2) is 0 Å². The number of aliphatic imine (C=N–C) groups is 1. The van der Waals surface area contributed by atoms with E-state index in [0.29, 0.717) is 5.56 Å². The number of hydrogen-bond donors (Lipinski definition) is 0. The molecule has 18 heavy (non-hydrogen) atoms. The summed E-state index contributed by atoms with van der Waals surface area (Å²) in [6, 6.07) is 14.1. The van der Waals surface area contributed by atoms with Gasteiger partial charge in [0.25, 0.3) is 5.69 Å². The minimum atomic E-state index is -0.414. The third-order valence-electron chi connectivity index (χ3n) is 2.27. The predicted octanol–water partition coefficient (Wildman–Crippen LogP) is 3.95. The van der Waals surface area contributed by atoms with Crippen molar-refractivity contribution >= 4 is 40.2 Å². The van der Waals surface area contributed by atoms with Crippen LogP contribution in [0, 0.1) is 13.7 Å². The van der Waals surface area contributed by atoms with E-state index in [-0.39, 0.29) is 5.69 Å². The van der Waals surface area contributed by atoms with Crippen LogP contribution in [0.25, 0.3) is 0 Å². The Hall–Kier alpha value is -1.76. The molecule has 0 heterocycles. The first-order valence-corrected chi connectivity index (χ1v) is 6.27. The van der Waals surface area contributed by atoms with Gasteiger partial charge in [-0.3, -0.25) is 15.1 Å². The van der Waals surface area contributed by atoms with E-state index in [1.54, 1.807) is 18.3 Å². The second kappa shape index (κ2) is 5.72. The number of rotatable bonds is 3. The lowest BCUT2D eigenvalue weighted by Crippen LogP contribution is -1.89. The van der Waals surface area contributed by atoms with E-state index in [1.807, 2.05) is 24.3 Å². The molecule has 0 saturated carbocycles. The summed E-state index contributed by atoms with van der Waals surface area (Å²) in [6.07, 6.45) is 1.62. The third kappa shape index (κ3) is 3.36. The van der Waals surface area contributed by atoms with E-state index in [9.17, 15) is 10.1 Å². The quantitative estimate of drug-likeness (QED) is 0.364. The highest BCUT2D eigenvalue weighted by molar-refractivity contribution is 14.1. The van der Waals surface area contributed by atoms with Gasteiger partial charge in [0, 0.05) is 21.9 Å². The normalized spacial score (nSPS) is 10.7. The Balaban J connectivity index is 2.20. The molecule has 0 spiro atoms. The molecule has 0 radical (unpaired) electrons. The summed E-state index contributed by atoms with van der Waals surface area (Å²) in [5.41, 5.74) is 1.60. The fourth-order valence-electron chi connectivity index (χ4n) is 1.39. The van der Waals surface area contributed by atoms with E-state index in [0.717, 1.165) is 9.26 Å². The van der Waals surface area contributed by atoms with Crippen LogP contribution in [0.2, 0.25) is 0 Å². The second-order valence-corrected chi connectivity index (χ2v) is 4.83. The highest BCUT2D eigenvalue weighted by Gasteiger charge is 2.03. The molecule has 0 aromatic heterocycles. The van der Waals surface area contributed by atoms with Crippen molar-refractivity contribution in [1.29, 1.82) is 0 Å². The molecule has 2 rings (SSSR count). The lowest BCUT2D eigenvalue weighted by molar-refractivity contribution is -0.384. The Morgan fingerprint density at radius 1 is 1.17 bits per heavy atom. The minimum Gasteiger partial charge on any atom is -0.258 e. The fraction of sp³-hybridized carbons (Fsp3) is 0. The number of nitro groups is 1. The lowest BCUT2D eigenvalue weighted by atomic mass is 10.2. The summed E-state index contributed by atoms with van der Waals surface area (Å²) in [6.45, 7) is 0. The first-order chi connectivity index (χ1) is 8.65. The summed E-state index contributed by atoms with van der Waals surface area (Å²) in [7, 11) is 0. The molecule has 0 aliphatic rings. The maximum Gasteiger partial charge on any atom is 0.270 e. The summed E-state index contributed by atoms with van der Waals surface area (Å²) in [5, 5.41) is 10.6. The van der Waals surface area contributed by atoms with Crippen LogP contribution in [0.3, 0.4) is 0 Å². The standard InChI is InChI=1S/C13H9IN2O2/c14-11-4-6-12(7-5-11)15-9-10-2-1-3-13(8-10)16(17)18/h1-9H. The molecule has 2 aromatic carbocycles. The molecule has 4 nitrogen and oxygen atoms in total. The largest absolute Gasteiger partial charge is 0.270 e. The first-order valence-electron chi connectivity index (χ1n) is 5.19. The van der Waals surface area contributed by atoms with Crippen LogP contribution in [0.4, 0.5) is 11.4 Å². The van der Waals surface area contributed by atoms with E-state index in [2.05, 4.69) is 27.6 Å². The van der Waals surface area contributed by atoms with Crippen LogP contribution in [0.15, 0.2) is 53.5 Å². The van der Waals surface area contributed by atoms with Crippen molar-refractivity contribution in [2.45, 2.75) is 0 Å². The molecular weight excluding hydrogens is 343 g/mol. The Morgan fingerprint density at radius 3 is 2.56 bits per heavy atom. The van der Waals surface area contributed by atoms with Crippen molar-refractivity contribution in [1.82, 2.24) is 0 Å². The highest BCUT2D eigenvalue weighted by atomic mass is 127. The van der Waals surface area contributed by atoms with E-state index in [1.165, 1.54) is 12.1 Å². The van der Waals surface area contributed by atoms with Gasteiger partial charge in [-0.2, -0.15) is 0 Å². The molecule has 0 atom stereocenters. The zero-order valence-corrected chi connectivity index (χ0v) is 11.4. The van der Waals surface area contributed by atoms with Crippen molar-refractivity contribution in [3.63, 3.8) is 0 Å². The van der Waals surface area contributed by atoms with Gasteiger partial charge in [0.15, 0.2) is 0 Å². The number of non-ortho nitro benzene ring substituents is 1. The van der Waals surface area contributed by atoms with E-state index < -0.39 is 4.92 Å². The average molecular weight is 352 g/mol. The second-order valence-electron chi connectivity index (χ2n) is 3.59. The molecule has 5 heteroatoms. The Kier molecular flexibility index (Phi) is 4.03. The molecular formula is C13H9IN2O2. The molecule has 0 fully saturated rings. The van der Waals surface area contributed by atoms with Crippen LogP contribution in [0.5, 0.6) is 0 Å². The molecule has 0 unspecified atom stereocenters. The van der Waals surface area contributed by atoms with Crippen LogP contribution in [-0.4, -0.2) is 11.1 Å². The van der Waals surface area contributed by atoms with Crippen molar-refractivity contribution in [2.24, 2.45) is 4.99 Å². The number of benzene rings is 2. The monoisotopic (exact) mass is 352 g/mol. The number of nitrogens with zero attached hydrogens (tertiary/aromatic N) is 2. The predicted molar refractivity (Wildman–Crippen MR) is 79.5 cm³/mol. The van der Waals surface area contributed by atoms with Gasteiger partial charge < -0.3 is 0 Å². The van der Waals surface area contributed by atoms with Gasteiger partial charge in [-0.05, 0) is 52.4 Å². The van der Waals surface area contributed by atoms with Gasteiger partial charge in [-0.1, -0.05) is 12.1 Å². The Labute approximate surface area is 118 Å². The van der Waals surface area contributed by atoms with Gasteiger partial charge in [-0.15, -0.1) is 0 Å². The Bertz CT molecular complexity index is 594.